The summed E-state index contributed by atoms with van der Waals surface area (Å²) in [6, 6.07) is -0.333. The van der Waals surface area contributed by atoms with E-state index < -0.39 is 0 Å². The van der Waals surface area contributed by atoms with E-state index in [4.69, 9.17) is 4.52 Å². The minimum Gasteiger partial charge on any atom is -0.340 e. The van der Waals surface area contributed by atoms with Crippen molar-refractivity contribution in [3.8, 4) is 0 Å². The van der Waals surface area contributed by atoms with Crippen molar-refractivity contribution in [2.45, 2.75) is 45.6 Å². The SMILES string of the molecule is Cc1noc(C2CCCN(C(=O)C(C(C)C)n3cncn3)C2)n1. The highest BCUT2D eigenvalue weighted by atomic mass is 16.5. The van der Waals surface area contributed by atoms with E-state index in [-0.39, 0.29) is 23.8 Å². The van der Waals surface area contributed by atoms with Gasteiger partial charge in [0.05, 0.1) is 5.92 Å². The van der Waals surface area contributed by atoms with Gasteiger partial charge in [-0.3, -0.25) is 4.79 Å². The molecule has 2 atom stereocenters. The quantitative estimate of drug-likeness (QED) is 0.850. The van der Waals surface area contributed by atoms with Crippen molar-refractivity contribution >= 4 is 5.91 Å². The number of carbonyl (C=O) groups excluding carboxylic acids is 1. The van der Waals surface area contributed by atoms with Crippen molar-refractivity contribution < 1.29 is 9.32 Å². The van der Waals surface area contributed by atoms with Crippen LogP contribution in [0, 0.1) is 12.8 Å². The van der Waals surface area contributed by atoms with Crippen LogP contribution in [0.15, 0.2) is 17.2 Å². The molecule has 0 aliphatic carbocycles. The van der Waals surface area contributed by atoms with Crippen LogP contribution in [0.3, 0.4) is 0 Å². The zero-order chi connectivity index (χ0) is 16.4. The number of aromatic nitrogens is 5. The predicted molar refractivity (Wildman–Crippen MR) is 81.5 cm³/mol. The van der Waals surface area contributed by atoms with Gasteiger partial charge in [0, 0.05) is 13.1 Å². The minimum atomic E-state index is -0.333. The van der Waals surface area contributed by atoms with Crippen molar-refractivity contribution in [1.29, 1.82) is 0 Å². The lowest BCUT2D eigenvalue weighted by atomic mass is 9.95. The van der Waals surface area contributed by atoms with E-state index in [2.05, 4.69) is 20.2 Å². The Balaban J connectivity index is 1.75. The van der Waals surface area contributed by atoms with Crippen LogP contribution < -0.4 is 0 Å². The first kappa shape index (κ1) is 15.6. The number of hydrogen-bond donors (Lipinski definition) is 0. The van der Waals surface area contributed by atoms with Crippen molar-refractivity contribution in [3.05, 3.63) is 24.4 Å². The molecule has 0 aromatic carbocycles. The second-order valence-corrected chi connectivity index (χ2v) is 6.37. The Kier molecular flexibility index (Phi) is 4.40. The van der Waals surface area contributed by atoms with Gasteiger partial charge in [-0.05, 0) is 25.7 Å². The van der Waals surface area contributed by atoms with E-state index in [0.29, 0.717) is 18.3 Å². The third-order valence-electron chi connectivity index (χ3n) is 4.23. The summed E-state index contributed by atoms with van der Waals surface area (Å²) in [6.07, 6.45) is 4.95. The Bertz CT molecular complexity index is 651. The van der Waals surface area contributed by atoms with Crippen LogP contribution in [0.5, 0.6) is 0 Å². The maximum absolute atomic E-state index is 13.0. The average molecular weight is 318 g/mol. The van der Waals surface area contributed by atoms with Gasteiger partial charge in [-0.25, -0.2) is 9.67 Å². The van der Waals surface area contributed by atoms with E-state index in [1.165, 1.54) is 6.33 Å². The highest BCUT2D eigenvalue weighted by molar-refractivity contribution is 5.80. The van der Waals surface area contributed by atoms with E-state index in [1.54, 1.807) is 17.9 Å². The molecule has 0 saturated carbocycles. The molecule has 2 aromatic rings. The van der Waals surface area contributed by atoms with Crippen LogP contribution >= 0.6 is 0 Å². The molecule has 1 aliphatic rings. The highest BCUT2D eigenvalue weighted by Crippen LogP contribution is 2.28. The fourth-order valence-corrected chi connectivity index (χ4v) is 3.11. The Morgan fingerprint density at radius 3 is 2.87 bits per heavy atom. The Hall–Kier alpha value is -2.25. The molecule has 0 N–H and O–H groups in total. The summed E-state index contributed by atoms with van der Waals surface area (Å²) in [5.41, 5.74) is 0. The number of amides is 1. The molecule has 8 heteroatoms. The molecule has 0 radical (unpaired) electrons. The molecule has 1 aliphatic heterocycles. The van der Waals surface area contributed by atoms with Gasteiger partial charge in [0.25, 0.3) is 0 Å². The molecular formula is C15H22N6O2. The van der Waals surface area contributed by atoms with E-state index in [9.17, 15) is 4.79 Å². The van der Waals surface area contributed by atoms with Crippen LogP contribution in [0.1, 0.15) is 50.4 Å². The molecule has 1 saturated heterocycles. The van der Waals surface area contributed by atoms with Gasteiger partial charge >= 0.3 is 0 Å². The maximum Gasteiger partial charge on any atom is 0.247 e. The molecule has 3 rings (SSSR count). The summed E-state index contributed by atoms with van der Waals surface area (Å²) in [4.78, 5) is 23.2. The average Bonchev–Trinajstić information content (AvgIpc) is 3.19. The van der Waals surface area contributed by atoms with Crippen LogP contribution in [0.25, 0.3) is 0 Å². The lowest BCUT2D eigenvalue weighted by Gasteiger charge is -2.34. The van der Waals surface area contributed by atoms with Crippen molar-refractivity contribution in [3.63, 3.8) is 0 Å². The largest absolute Gasteiger partial charge is 0.340 e. The molecule has 2 aromatic heterocycles. The molecule has 0 spiro atoms. The van der Waals surface area contributed by atoms with Crippen LogP contribution in [-0.4, -0.2) is 48.8 Å². The lowest BCUT2D eigenvalue weighted by molar-refractivity contribution is -0.137. The summed E-state index contributed by atoms with van der Waals surface area (Å²) < 4.78 is 6.93. The molecule has 1 amide bonds. The van der Waals surface area contributed by atoms with Crippen molar-refractivity contribution in [2.75, 3.05) is 13.1 Å². The number of carbonyl (C=O) groups is 1. The predicted octanol–water partition coefficient (Wildman–Crippen LogP) is 1.57. The third-order valence-corrected chi connectivity index (χ3v) is 4.23. The lowest BCUT2D eigenvalue weighted by Crippen LogP contribution is -2.44. The number of piperidine rings is 1. The summed E-state index contributed by atoms with van der Waals surface area (Å²) in [7, 11) is 0. The topological polar surface area (TPSA) is 89.9 Å². The van der Waals surface area contributed by atoms with Crippen molar-refractivity contribution in [1.82, 2.24) is 29.8 Å². The zero-order valence-corrected chi connectivity index (χ0v) is 13.7. The van der Waals surface area contributed by atoms with E-state index in [0.717, 1.165) is 19.4 Å². The first-order valence-corrected chi connectivity index (χ1v) is 7.99. The Labute approximate surface area is 134 Å². The third kappa shape index (κ3) is 3.25. The number of aryl methyl sites for hydroxylation is 1. The van der Waals surface area contributed by atoms with Crippen LogP contribution in [0.4, 0.5) is 0 Å². The second kappa shape index (κ2) is 6.47. The molecule has 23 heavy (non-hydrogen) atoms. The monoisotopic (exact) mass is 318 g/mol. The van der Waals surface area contributed by atoms with Crippen LogP contribution in [-0.2, 0) is 4.79 Å². The number of hydrogen-bond acceptors (Lipinski definition) is 6. The summed E-state index contributed by atoms with van der Waals surface area (Å²) in [6.45, 7) is 7.21. The van der Waals surface area contributed by atoms with E-state index >= 15 is 0 Å². The number of likely N-dealkylation sites (tertiary alicyclic amines) is 1. The van der Waals surface area contributed by atoms with Gasteiger partial charge in [0.2, 0.25) is 11.8 Å². The molecule has 124 valence electrons. The maximum atomic E-state index is 13.0. The van der Waals surface area contributed by atoms with Gasteiger partial charge in [-0.15, -0.1) is 0 Å². The smallest absolute Gasteiger partial charge is 0.247 e. The normalized spacial score (nSPS) is 20.0. The van der Waals surface area contributed by atoms with E-state index in [1.807, 2.05) is 18.7 Å². The van der Waals surface area contributed by atoms with Gasteiger partial charge in [0.1, 0.15) is 18.7 Å². The second-order valence-electron chi connectivity index (χ2n) is 6.37. The summed E-state index contributed by atoms with van der Waals surface area (Å²) >= 11 is 0. The molecule has 3 heterocycles. The minimum absolute atomic E-state index is 0.0754. The Morgan fingerprint density at radius 2 is 2.26 bits per heavy atom. The fourth-order valence-electron chi connectivity index (χ4n) is 3.11. The Morgan fingerprint density at radius 1 is 1.43 bits per heavy atom. The summed E-state index contributed by atoms with van der Waals surface area (Å²) in [5, 5.41) is 8.01. The first-order valence-electron chi connectivity index (χ1n) is 7.99. The first-order chi connectivity index (χ1) is 11.1. The molecular weight excluding hydrogens is 296 g/mol. The van der Waals surface area contributed by atoms with Gasteiger partial charge in [-0.2, -0.15) is 10.1 Å². The van der Waals surface area contributed by atoms with Gasteiger partial charge < -0.3 is 9.42 Å². The molecule has 2 unspecified atom stereocenters. The number of rotatable bonds is 4. The fraction of sp³-hybridized carbons (Fsp3) is 0.667. The van der Waals surface area contributed by atoms with Crippen molar-refractivity contribution in [2.24, 2.45) is 5.92 Å². The van der Waals surface area contributed by atoms with Gasteiger partial charge in [0.15, 0.2) is 5.82 Å². The summed E-state index contributed by atoms with van der Waals surface area (Å²) in [5.74, 6) is 1.58. The molecule has 1 fully saturated rings. The standard InChI is InChI=1S/C15H22N6O2/c1-10(2)13(21-9-16-8-17-21)15(22)20-6-4-5-12(7-20)14-18-11(3)19-23-14/h8-10,12-13H,4-7H2,1-3H3. The zero-order valence-electron chi connectivity index (χ0n) is 13.7. The van der Waals surface area contributed by atoms with Crippen LogP contribution in [0.2, 0.25) is 0 Å². The molecule has 0 bridgehead atoms. The molecule has 8 nitrogen and oxygen atoms in total. The highest BCUT2D eigenvalue weighted by Gasteiger charge is 2.34. The van der Waals surface area contributed by atoms with Gasteiger partial charge in [-0.1, -0.05) is 19.0 Å². The number of nitrogens with zero attached hydrogens (tertiary/aromatic N) is 6.